The summed E-state index contributed by atoms with van der Waals surface area (Å²) in [5, 5.41) is 4.01. The first-order valence-corrected chi connectivity index (χ1v) is 11.9. The van der Waals surface area contributed by atoms with Crippen LogP contribution in [0.5, 0.6) is 0 Å². The number of fused-ring (bicyclic) bond motifs is 3. The summed E-state index contributed by atoms with van der Waals surface area (Å²) in [5.41, 5.74) is 2.87. The third kappa shape index (κ3) is 3.32. The van der Waals surface area contributed by atoms with Gasteiger partial charge in [0.25, 0.3) is 0 Å². The van der Waals surface area contributed by atoms with E-state index in [4.69, 9.17) is 4.74 Å². The molecular formula is C29H25FN2O3. The highest BCUT2D eigenvalue weighted by atomic mass is 19.1. The molecular weight excluding hydrogens is 443 g/mol. The van der Waals surface area contributed by atoms with Crippen LogP contribution in [0.3, 0.4) is 0 Å². The molecule has 2 aliphatic rings. The van der Waals surface area contributed by atoms with Gasteiger partial charge in [-0.25, -0.2) is 9.18 Å². The highest BCUT2D eigenvalue weighted by Gasteiger charge is 2.48. The summed E-state index contributed by atoms with van der Waals surface area (Å²) in [7, 11) is 0. The van der Waals surface area contributed by atoms with Crippen molar-refractivity contribution in [3.8, 4) is 0 Å². The van der Waals surface area contributed by atoms with Crippen LogP contribution in [-0.4, -0.2) is 29.4 Å². The van der Waals surface area contributed by atoms with Crippen molar-refractivity contribution < 1.29 is 18.7 Å². The molecule has 35 heavy (non-hydrogen) atoms. The van der Waals surface area contributed by atoms with Gasteiger partial charge in [-0.05, 0) is 37.7 Å². The van der Waals surface area contributed by atoms with E-state index >= 15 is 4.39 Å². The molecule has 0 saturated carbocycles. The van der Waals surface area contributed by atoms with E-state index in [-0.39, 0.29) is 11.1 Å². The van der Waals surface area contributed by atoms with E-state index in [9.17, 15) is 9.59 Å². The topological polar surface area (TPSA) is 60.3 Å². The molecule has 1 N–H and O–H groups in total. The van der Waals surface area contributed by atoms with Gasteiger partial charge in [0.1, 0.15) is 11.4 Å². The molecule has 4 aromatic rings. The fourth-order valence-electron chi connectivity index (χ4n) is 5.69. The largest absolute Gasteiger partial charge is 0.450 e. The molecule has 1 spiro atoms. The number of ketones is 1. The molecule has 0 radical (unpaired) electrons. The lowest BCUT2D eigenvalue weighted by molar-refractivity contribution is -0.0242. The second kappa shape index (κ2) is 8.17. The first kappa shape index (κ1) is 21.7. The quantitative estimate of drug-likeness (QED) is 0.334. The third-order valence-electron chi connectivity index (χ3n) is 7.42. The smallest absolute Gasteiger partial charge is 0.340 e. The predicted octanol–water partition coefficient (Wildman–Crippen LogP) is 5.12. The Kier molecular flexibility index (Phi) is 5.07. The molecule has 0 bridgehead atoms. The Morgan fingerprint density at radius 2 is 1.71 bits per heavy atom. The number of carbonyl (C=O) groups excluding carboxylic acids is 2. The summed E-state index contributed by atoms with van der Waals surface area (Å²) in [6, 6.07) is 20.6. The molecule has 5 nitrogen and oxygen atoms in total. The van der Waals surface area contributed by atoms with Crippen LogP contribution in [0.15, 0.2) is 66.7 Å². The van der Waals surface area contributed by atoms with Crippen molar-refractivity contribution in [3.63, 3.8) is 0 Å². The van der Waals surface area contributed by atoms with Crippen LogP contribution in [-0.2, 0) is 16.9 Å². The van der Waals surface area contributed by atoms with E-state index in [0.717, 1.165) is 22.2 Å². The minimum Gasteiger partial charge on any atom is -0.450 e. The number of carbonyl (C=O) groups is 2. The summed E-state index contributed by atoms with van der Waals surface area (Å²) in [6.07, 6.45) is 1.20. The molecule has 0 aliphatic carbocycles. The van der Waals surface area contributed by atoms with Crippen LogP contribution < -0.4 is 5.32 Å². The van der Waals surface area contributed by atoms with Gasteiger partial charge in [0.05, 0.1) is 16.7 Å². The van der Waals surface area contributed by atoms with Crippen molar-refractivity contribution in [1.82, 2.24) is 9.88 Å². The second-order valence-electron chi connectivity index (χ2n) is 9.36. The number of nitrogens with one attached hydrogen (secondary N) is 1. The molecule has 2 aliphatic heterocycles. The number of hydrogen-bond donors (Lipinski definition) is 1. The highest BCUT2D eigenvalue weighted by molar-refractivity contribution is 6.21. The van der Waals surface area contributed by atoms with Gasteiger partial charge in [0.15, 0.2) is 5.78 Å². The van der Waals surface area contributed by atoms with E-state index in [2.05, 4.69) is 9.88 Å². The van der Waals surface area contributed by atoms with Crippen molar-refractivity contribution in [2.45, 2.75) is 31.9 Å². The van der Waals surface area contributed by atoms with Gasteiger partial charge >= 0.3 is 5.97 Å². The summed E-state index contributed by atoms with van der Waals surface area (Å²) >= 11 is 0. The molecule has 3 aromatic carbocycles. The van der Waals surface area contributed by atoms with Crippen LogP contribution >= 0.6 is 0 Å². The maximum atomic E-state index is 15.3. The lowest BCUT2D eigenvalue weighted by Crippen LogP contribution is -2.40. The zero-order chi connectivity index (χ0) is 24.2. The number of para-hydroxylation sites is 1. The van der Waals surface area contributed by atoms with E-state index in [1.54, 1.807) is 6.07 Å². The lowest BCUT2D eigenvalue weighted by atomic mass is 9.82. The fourth-order valence-corrected chi connectivity index (χ4v) is 5.69. The number of rotatable bonds is 4. The number of hydrogen-bond acceptors (Lipinski definition) is 4. The minimum absolute atomic E-state index is 0.0798. The number of piperidine rings is 1. The summed E-state index contributed by atoms with van der Waals surface area (Å²) in [5.74, 6) is -1.80. The van der Waals surface area contributed by atoms with Crippen molar-refractivity contribution >= 4 is 22.7 Å². The molecule has 0 atom stereocenters. The van der Waals surface area contributed by atoms with Crippen molar-refractivity contribution in [2.75, 3.05) is 13.1 Å². The molecule has 176 valence electrons. The molecule has 1 fully saturated rings. The average molecular weight is 469 g/mol. The van der Waals surface area contributed by atoms with E-state index in [1.807, 2.05) is 61.5 Å². The maximum Gasteiger partial charge on any atom is 0.340 e. The average Bonchev–Trinajstić information content (AvgIpc) is 3.30. The Labute approximate surface area is 202 Å². The Morgan fingerprint density at radius 1 is 1.00 bits per heavy atom. The highest BCUT2D eigenvalue weighted by Crippen LogP contribution is 2.45. The van der Waals surface area contributed by atoms with E-state index in [1.165, 1.54) is 6.07 Å². The first-order chi connectivity index (χ1) is 17.0. The van der Waals surface area contributed by atoms with Gasteiger partial charge in [-0.2, -0.15) is 0 Å². The number of esters is 1. The molecule has 1 saturated heterocycles. The van der Waals surface area contributed by atoms with Crippen LogP contribution in [0.1, 0.15) is 55.9 Å². The Morgan fingerprint density at radius 3 is 2.49 bits per heavy atom. The summed E-state index contributed by atoms with van der Waals surface area (Å²) in [6.45, 7) is 3.84. The van der Waals surface area contributed by atoms with Crippen LogP contribution in [0, 0.1) is 12.7 Å². The van der Waals surface area contributed by atoms with Crippen LogP contribution in [0.4, 0.5) is 4.39 Å². The molecule has 0 unspecified atom stereocenters. The SMILES string of the molecule is Cc1c(C(=O)c2c(F)ccc3c2C(=O)OC32CCNCC2)c2ccccc2n1Cc1ccccc1. The van der Waals surface area contributed by atoms with E-state index < -0.39 is 23.2 Å². The first-order valence-electron chi connectivity index (χ1n) is 11.9. The van der Waals surface area contributed by atoms with E-state index in [0.29, 0.717) is 43.6 Å². The maximum absolute atomic E-state index is 15.3. The van der Waals surface area contributed by atoms with Gasteiger partial charge < -0.3 is 14.6 Å². The third-order valence-corrected chi connectivity index (χ3v) is 7.42. The monoisotopic (exact) mass is 468 g/mol. The molecule has 3 heterocycles. The standard InChI is InChI=1S/C29H25FN2O3/c1-18-24(20-9-5-6-10-23(20)32(18)17-19-7-3-2-4-8-19)27(33)26-22(30)12-11-21-25(26)28(34)35-29(21)13-15-31-16-14-29/h2-12,31H,13-17H2,1H3. The molecule has 6 rings (SSSR count). The Balaban J connectivity index is 1.53. The Hall–Kier alpha value is -3.77. The van der Waals surface area contributed by atoms with Gasteiger partial charge in [0, 0.05) is 41.5 Å². The molecule has 1 aromatic heterocycles. The minimum atomic E-state index is -0.795. The van der Waals surface area contributed by atoms with Crippen molar-refractivity contribution in [1.29, 1.82) is 0 Å². The van der Waals surface area contributed by atoms with Crippen molar-refractivity contribution in [2.24, 2.45) is 0 Å². The number of nitrogens with zero attached hydrogens (tertiary/aromatic N) is 1. The fraction of sp³-hybridized carbons (Fsp3) is 0.241. The van der Waals surface area contributed by atoms with Crippen LogP contribution in [0.25, 0.3) is 10.9 Å². The zero-order valence-corrected chi connectivity index (χ0v) is 19.4. The number of aromatic nitrogens is 1. The molecule has 0 amide bonds. The number of ether oxygens (including phenoxy) is 1. The lowest BCUT2D eigenvalue weighted by Gasteiger charge is -2.33. The van der Waals surface area contributed by atoms with Gasteiger partial charge in [-0.15, -0.1) is 0 Å². The second-order valence-corrected chi connectivity index (χ2v) is 9.36. The van der Waals surface area contributed by atoms with Crippen molar-refractivity contribution in [3.05, 3.63) is 106 Å². The molecule has 6 heteroatoms. The summed E-state index contributed by atoms with van der Waals surface area (Å²) < 4.78 is 23.3. The normalized spacial score (nSPS) is 16.5. The van der Waals surface area contributed by atoms with Gasteiger partial charge in [0.2, 0.25) is 0 Å². The van der Waals surface area contributed by atoms with Gasteiger partial charge in [-0.1, -0.05) is 54.6 Å². The Bertz CT molecular complexity index is 1480. The zero-order valence-electron chi connectivity index (χ0n) is 19.4. The number of halogens is 1. The van der Waals surface area contributed by atoms with Gasteiger partial charge in [-0.3, -0.25) is 4.79 Å². The predicted molar refractivity (Wildman–Crippen MR) is 131 cm³/mol. The summed E-state index contributed by atoms with van der Waals surface area (Å²) in [4.78, 5) is 27.1. The van der Waals surface area contributed by atoms with Crippen LogP contribution in [0.2, 0.25) is 0 Å². The number of benzene rings is 3.